The van der Waals surface area contributed by atoms with Crippen LogP contribution in [0.25, 0.3) is 0 Å². The van der Waals surface area contributed by atoms with Crippen LogP contribution in [0.3, 0.4) is 0 Å². The molecule has 36 valence electrons. The molecule has 0 rings (SSSR count). The van der Waals surface area contributed by atoms with Gasteiger partial charge in [-0.3, -0.25) is 0 Å². The minimum absolute atomic E-state index is 0. The van der Waals surface area contributed by atoms with Gasteiger partial charge in [-0.25, -0.2) is 10.5 Å². The fraction of sp³-hybridized carbons (Fsp3) is 0. The SMILES string of the molecule is N#C[S-].N#C[S-].[S+2]. The molecule has 0 aromatic carbocycles. The van der Waals surface area contributed by atoms with E-state index in [2.05, 4.69) is 25.3 Å². The van der Waals surface area contributed by atoms with E-state index in [1.54, 1.807) is 0 Å². The van der Waals surface area contributed by atoms with Crippen molar-refractivity contribution < 1.29 is 0 Å². The zero-order valence-electron chi connectivity index (χ0n) is 3.12. The molecule has 0 saturated heterocycles. The number of thiocyanates is 2. The second-order valence-corrected chi connectivity index (χ2v) is 0.548. The smallest absolute Gasteiger partial charge is 0.696 e. The first kappa shape index (κ1) is 15.9. The Kier molecular flexibility index (Phi) is 94.9. The van der Waals surface area contributed by atoms with Gasteiger partial charge in [0.2, 0.25) is 0 Å². The van der Waals surface area contributed by atoms with Crippen molar-refractivity contribution in [3.63, 3.8) is 0 Å². The highest BCUT2D eigenvalue weighted by Gasteiger charge is 2.00. The Morgan fingerprint density at radius 3 is 1.00 bits per heavy atom. The fourth-order valence-electron chi connectivity index (χ4n) is 0. The average molecular weight is 148 g/mol. The Morgan fingerprint density at radius 1 is 1.00 bits per heavy atom. The van der Waals surface area contributed by atoms with Crippen LogP contribution in [0.15, 0.2) is 0 Å². The van der Waals surface area contributed by atoms with Crippen molar-refractivity contribution in [3.05, 3.63) is 0 Å². The predicted molar refractivity (Wildman–Crippen MR) is 33.3 cm³/mol. The van der Waals surface area contributed by atoms with E-state index in [1.807, 2.05) is 0 Å². The molecule has 7 heavy (non-hydrogen) atoms. The van der Waals surface area contributed by atoms with Gasteiger partial charge in [-0.2, -0.15) is 0 Å². The van der Waals surface area contributed by atoms with Gasteiger partial charge >= 0.3 is 13.5 Å². The summed E-state index contributed by atoms with van der Waals surface area (Å²) < 4.78 is 0. The highest BCUT2D eigenvalue weighted by atomic mass is 32.1. The van der Waals surface area contributed by atoms with Crippen LogP contribution in [0.1, 0.15) is 0 Å². The highest BCUT2D eigenvalue weighted by Crippen LogP contribution is 1.16. The van der Waals surface area contributed by atoms with Crippen LogP contribution in [0, 0.1) is 21.3 Å². The molecular weight excluding hydrogens is 148 g/mol. The van der Waals surface area contributed by atoms with Gasteiger partial charge in [0.1, 0.15) is 0 Å². The van der Waals surface area contributed by atoms with Gasteiger partial charge in [-0.15, -0.1) is 0 Å². The van der Waals surface area contributed by atoms with Crippen LogP contribution in [0.5, 0.6) is 0 Å². The first-order valence-electron chi connectivity index (χ1n) is 0.855. The molecule has 0 N–H and O–H groups in total. The van der Waals surface area contributed by atoms with E-state index >= 15 is 0 Å². The van der Waals surface area contributed by atoms with Crippen LogP contribution in [-0.2, 0) is 38.8 Å². The molecule has 2 nitrogen and oxygen atoms in total. The van der Waals surface area contributed by atoms with Crippen molar-refractivity contribution in [3.8, 4) is 10.8 Å². The van der Waals surface area contributed by atoms with E-state index < -0.39 is 0 Å². The number of nitrogens with zero attached hydrogens (tertiary/aromatic N) is 2. The maximum Gasteiger partial charge on any atom is 2.00 e. The van der Waals surface area contributed by atoms with Gasteiger partial charge in [0.15, 0.2) is 0 Å². The summed E-state index contributed by atoms with van der Waals surface area (Å²) >= 11 is 7.40. The van der Waals surface area contributed by atoms with Gasteiger partial charge in [0.25, 0.3) is 0 Å². The zero-order valence-corrected chi connectivity index (χ0v) is 5.57. The number of rotatable bonds is 0. The molecule has 0 saturated carbocycles. The van der Waals surface area contributed by atoms with Gasteiger partial charge in [0.05, 0.1) is 0 Å². The van der Waals surface area contributed by atoms with Crippen LogP contribution in [0.4, 0.5) is 0 Å². The predicted octanol–water partition coefficient (Wildman–Crippen LogP) is 0.0264. The Morgan fingerprint density at radius 2 is 1.00 bits per heavy atom. The van der Waals surface area contributed by atoms with Crippen molar-refractivity contribution in [2.75, 3.05) is 0 Å². The molecule has 0 atom stereocenters. The zero-order chi connectivity index (χ0) is 5.41. The summed E-state index contributed by atoms with van der Waals surface area (Å²) in [5.41, 5.74) is 0. The van der Waals surface area contributed by atoms with Gasteiger partial charge in [0, 0.05) is 0 Å². The third kappa shape index (κ3) is 1550. The van der Waals surface area contributed by atoms with E-state index in [0.29, 0.717) is 0 Å². The quantitative estimate of drug-likeness (QED) is 0.359. The number of hydrogen-bond donors (Lipinski definition) is 0. The van der Waals surface area contributed by atoms with Crippen LogP contribution in [-0.4, -0.2) is 0 Å². The Labute approximate surface area is 60.4 Å². The van der Waals surface area contributed by atoms with Crippen LogP contribution >= 0.6 is 0 Å². The molecule has 0 amide bonds. The first-order valence-corrected chi connectivity index (χ1v) is 1.67. The van der Waals surface area contributed by atoms with E-state index in [9.17, 15) is 0 Å². The first-order chi connectivity index (χ1) is 2.83. The molecule has 0 spiro atoms. The molecular formula is C2N2S3. The third-order valence-corrected chi connectivity index (χ3v) is 0. The van der Waals surface area contributed by atoms with E-state index in [0.717, 1.165) is 0 Å². The summed E-state index contributed by atoms with van der Waals surface area (Å²) in [5, 5.41) is 16.9. The van der Waals surface area contributed by atoms with Crippen molar-refractivity contribution in [2.24, 2.45) is 0 Å². The molecule has 0 aliphatic rings. The topological polar surface area (TPSA) is 47.6 Å². The molecule has 0 aliphatic heterocycles. The molecule has 5 heteroatoms. The van der Waals surface area contributed by atoms with Crippen molar-refractivity contribution in [2.45, 2.75) is 0 Å². The van der Waals surface area contributed by atoms with Crippen LogP contribution in [0.2, 0.25) is 0 Å². The fourth-order valence-corrected chi connectivity index (χ4v) is 0. The second kappa shape index (κ2) is 41.9. The molecule has 0 aromatic rings. The lowest BCUT2D eigenvalue weighted by molar-refractivity contribution is 1.57. The second-order valence-electron chi connectivity index (χ2n) is 0.183. The van der Waals surface area contributed by atoms with E-state index in [1.165, 1.54) is 10.8 Å². The lowest BCUT2D eigenvalue weighted by atomic mass is 11.8. The Bertz CT molecular complexity index is 65.9. The summed E-state index contributed by atoms with van der Waals surface area (Å²) in [6.07, 6.45) is 0. The Balaban J connectivity index is -0.0000000400. The summed E-state index contributed by atoms with van der Waals surface area (Å²) in [6, 6.07) is 0. The Hall–Kier alpha value is -0.230. The molecule has 0 aromatic heterocycles. The maximum absolute atomic E-state index is 7.13. The van der Waals surface area contributed by atoms with Crippen molar-refractivity contribution in [1.82, 2.24) is 0 Å². The van der Waals surface area contributed by atoms with Crippen LogP contribution < -0.4 is 0 Å². The van der Waals surface area contributed by atoms with Crippen molar-refractivity contribution in [1.29, 1.82) is 10.5 Å². The van der Waals surface area contributed by atoms with Gasteiger partial charge in [-0.05, 0) is 0 Å². The van der Waals surface area contributed by atoms with Crippen molar-refractivity contribution >= 4 is 38.8 Å². The summed E-state index contributed by atoms with van der Waals surface area (Å²) in [4.78, 5) is 0. The van der Waals surface area contributed by atoms with Gasteiger partial charge < -0.3 is 25.3 Å². The average Bonchev–Trinajstić information content (AvgIpc) is 1.39. The van der Waals surface area contributed by atoms with Gasteiger partial charge in [-0.1, -0.05) is 10.8 Å². The minimum atomic E-state index is 0. The monoisotopic (exact) mass is 148 g/mol. The lowest BCUT2D eigenvalue weighted by Gasteiger charge is -1.53. The summed E-state index contributed by atoms with van der Waals surface area (Å²) in [5.74, 6) is 0. The molecule has 0 aliphatic carbocycles. The number of hydrogen-bond acceptors (Lipinski definition) is 4. The number of nitriles is 2. The normalized spacial score (nSPS) is 2.00. The standard InChI is InChI=1S/2CHNS.S/c2*2-1-3;/h2*3H;/q;;+2/p-2. The highest BCUT2D eigenvalue weighted by molar-refractivity contribution is 7.64. The van der Waals surface area contributed by atoms with E-state index in [-0.39, 0.29) is 13.5 Å². The molecule has 4 radical (unpaired) electrons. The largest absolute Gasteiger partial charge is 2.00 e. The third-order valence-electron chi connectivity index (χ3n) is 0. The molecule has 0 bridgehead atoms. The molecule has 0 heterocycles. The summed E-state index contributed by atoms with van der Waals surface area (Å²) in [7, 11) is 0. The minimum Gasteiger partial charge on any atom is -0.696 e. The van der Waals surface area contributed by atoms with E-state index in [4.69, 9.17) is 10.5 Å². The summed E-state index contributed by atoms with van der Waals surface area (Å²) in [6.45, 7) is 0. The molecule has 0 fully saturated rings. The maximum atomic E-state index is 7.13. The molecule has 0 unspecified atom stereocenters. The lowest BCUT2D eigenvalue weighted by Crippen LogP contribution is -1.15.